The first-order valence-corrected chi connectivity index (χ1v) is 18.8. The number of nitrogens with zero attached hydrogens (tertiary/aromatic N) is 2. The van der Waals surface area contributed by atoms with Gasteiger partial charge >= 0.3 is 0 Å². The summed E-state index contributed by atoms with van der Waals surface area (Å²) in [6.07, 6.45) is 2.42. The van der Waals surface area contributed by atoms with Crippen LogP contribution in [0.4, 0.5) is 34.1 Å². The van der Waals surface area contributed by atoms with Crippen molar-refractivity contribution in [2.75, 3.05) is 9.80 Å². The van der Waals surface area contributed by atoms with Crippen LogP contribution in [0.25, 0.3) is 10.1 Å². The highest BCUT2D eigenvalue weighted by Gasteiger charge is 2.46. The molecule has 3 heterocycles. The molecule has 5 aromatic carbocycles. The molecule has 0 bridgehead atoms. The summed E-state index contributed by atoms with van der Waals surface area (Å²) < 4.78 is 2.86. The average molecular weight is 657 g/mol. The highest BCUT2D eigenvalue weighted by atomic mass is 32.1. The Morgan fingerprint density at radius 3 is 1.98 bits per heavy atom. The van der Waals surface area contributed by atoms with Crippen molar-refractivity contribution in [3.8, 4) is 0 Å². The second-order valence-corrected chi connectivity index (χ2v) is 18.0. The summed E-state index contributed by atoms with van der Waals surface area (Å²) in [5, 5.41) is 1.39. The lowest BCUT2D eigenvalue weighted by Gasteiger charge is -2.44. The van der Waals surface area contributed by atoms with Crippen LogP contribution in [-0.2, 0) is 16.2 Å². The highest BCUT2D eigenvalue weighted by Crippen LogP contribution is 2.52. The minimum atomic E-state index is 0.0352. The molecule has 0 amide bonds. The lowest BCUT2D eigenvalue weighted by molar-refractivity contribution is 0.332. The third-order valence-corrected chi connectivity index (χ3v) is 13.0. The Hall–Kier alpha value is -4.28. The van der Waals surface area contributed by atoms with E-state index in [1.807, 2.05) is 11.3 Å². The number of para-hydroxylation sites is 2. The Morgan fingerprint density at radius 1 is 0.653 bits per heavy atom. The van der Waals surface area contributed by atoms with Gasteiger partial charge in [-0.3, -0.25) is 0 Å². The van der Waals surface area contributed by atoms with E-state index in [9.17, 15) is 0 Å². The quantitative estimate of drug-likeness (QED) is 0.171. The summed E-state index contributed by atoms with van der Waals surface area (Å²) in [4.78, 5) is 5.13. The molecule has 0 fully saturated rings. The van der Waals surface area contributed by atoms with Gasteiger partial charge in [-0.25, -0.2) is 0 Å². The van der Waals surface area contributed by atoms with Crippen molar-refractivity contribution in [3.63, 3.8) is 0 Å². The molecule has 1 aliphatic carbocycles. The molecule has 0 saturated carbocycles. The minimum Gasteiger partial charge on any atom is -0.311 e. The topological polar surface area (TPSA) is 6.48 Å². The van der Waals surface area contributed by atoms with Crippen LogP contribution in [0, 0.1) is 6.92 Å². The van der Waals surface area contributed by atoms with Gasteiger partial charge in [0.2, 0.25) is 0 Å². The minimum absolute atomic E-state index is 0.0352. The normalized spacial score (nSPS) is 17.0. The Morgan fingerprint density at radius 2 is 1.29 bits per heavy atom. The highest BCUT2D eigenvalue weighted by molar-refractivity contribution is 7.33. The largest absolute Gasteiger partial charge is 0.311 e. The number of hydrogen-bond donors (Lipinski definition) is 0. The first-order chi connectivity index (χ1) is 23.3. The van der Waals surface area contributed by atoms with Crippen LogP contribution in [0.1, 0.15) is 83.6 Å². The zero-order valence-electron chi connectivity index (χ0n) is 30.1. The van der Waals surface area contributed by atoms with Crippen molar-refractivity contribution < 1.29 is 0 Å². The van der Waals surface area contributed by atoms with E-state index in [0.717, 1.165) is 0 Å². The van der Waals surface area contributed by atoms with E-state index in [-0.39, 0.29) is 23.0 Å². The second-order valence-electron chi connectivity index (χ2n) is 16.9. The summed E-state index contributed by atoms with van der Waals surface area (Å²) in [5.74, 6) is 0. The fraction of sp³-hybridized carbons (Fsp3) is 0.289. The maximum Gasteiger partial charge on any atom is 0.264 e. The average Bonchev–Trinajstić information content (AvgIpc) is 3.45. The molecule has 0 atom stereocenters. The van der Waals surface area contributed by atoms with Crippen molar-refractivity contribution in [2.24, 2.45) is 0 Å². The van der Waals surface area contributed by atoms with Crippen LogP contribution < -0.4 is 25.5 Å². The van der Waals surface area contributed by atoms with E-state index in [1.54, 1.807) is 0 Å². The van der Waals surface area contributed by atoms with Crippen LogP contribution in [-0.4, -0.2) is 6.71 Å². The molecular weight excluding hydrogens is 611 g/mol. The van der Waals surface area contributed by atoms with Crippen LogP contribution in [0.5, 0.6) is 0 Å². The molecule has 6 aromatic rings. The number of fused-ring (bicyclic) bond motifs is 7. The molecule has 9 rings (SSSR count). The number of anilines is 6. The summed E-state index contributed by atoms with van der Waals surface area (Å²) in [6, 6.07) is 39.4. The molecule has 0 saturated heterocycles. The molecule has 3 aliphatic rings. The predicted octanol–water partition coefficient (Wildman–Crippen LogP) is 10.9. The molecule has 49 heavy (non-hydrogen) atoms. The molecule has 244 valence electrons. The molecule has 1 aromatic heterocycles. The predicted molar refractivity (Wildman–Crippen MR) is 215 cm³/mol. The molecule has 0 spiro atoms. The standard InChI is InChI=1S/C45H45BN2S/c1-28-15-12-13-18-35(28)48-38-20-14-19-37-40(38)46(34-25-29(43(2,3)4)21-22-36(34)47(37)30-16-10-9-11-17-30)42-41(48)31-26-32-33(27-39(31)49-42)45(7,8)24-23-44(32,5)6/h9-22,25-27H,23-24H2,1-8H3. The Labute approximate surface area is 296 Å². The number of benzene rings is 5. The monoisotopic (exact) mass is 656 g/mol. The fourth-order valence-electron chi connectivity index (χ4n) is 8.87. The summed E-state index contributed by atoms with van der Waals surface area (Å²) in [5.41, 5.74) is 16.5. The molecule has 4 heteroatoms. The number of thiophene rings is 1. The number of aryl methyl sites for hydroxylation is 1. The first kappa shape index (κ1) is 30.8. The van der Waals surface area contributed by atoms with E-state index in [4.69, 9.17) is 0 Å². The third kappa shape index (κ3) is 4.45. The van der Waals surface area contributed by atoms with Gasteiger partial charge in [-0.2, -0.15) is 0 Å². The summed E-state index contributed by atoms with van der Waals surface area (Å²) in [6.45, 7) is 19.2. The van der Waals surface area contributed by atoms with Gasteiger partial charge in [0.25, 0.3) is 6.71 Å². The van der Waals surface area contributed by atoms with Gasteiger partial charge in [-0.05, 0) is 118 Å². The maximum atomic E-state index is 2.62. The molecule has 0 N–H and O–H groups in total. The van der Waals surface area contributed by atoms with E-state index in [1.165, 1.54) is 95.0 Å². The first-order valence-electron chi connectivity index (χ1n) is 17.9. The lowest BCUT2D eigenvalue weighted by Crippen LogP contribution is -2.60. The lowest BCUT2D eigenvalue weighted by atomic mass is 9.36. The van der Waals surface area contributed by atoms with Gasteiger partial charge in [0.05, 0.1) is 5.69 Å². The van der Waals surface area contributed by atoms with Crippen molar-refractivity contribution in [3.05, 3.63) is 125 Å². The fourth-order valence-corrected chi connectivity index (χ4v) is 10.2. The van der Waals surface area contributed by atoms with E-state index in [2.05, 4.69) is 168 Å². The van der Waals surface area contributed by atoms with Crippen LogP contribution in [0.3, 0.4) is 0 Å². The van der Waals surface area contributed by atoms with Crippen LogP contribution >= 0.6 is 11.3 Å². The zero-order valence-corrected chi connectivity index (χ0v) is 30.9. The van der Waals surface area contributed by atoms with E-state index >= 15 is 0 Å². The van der Waals surface area contributed by atoms with Crippen molar-refractivity contribution >= 4 is 78.0 Å². The third-order valence-electron chi connectivity index (χ3n) is 11.8. The van der Waals surface area contributed by atoms with Crippen LogP contribution in [0.15, 0.2) is 103 Å². The zero-order chi connectivity index (χ0) is 34.0. The van der Waals surface area contributed by atoms with Gasteiger partial charge < -0.3 is 9.80 Å². The van der Waals surface area contributed by atoms with Gasteiger partial charge in [-0.1, -0.05) is 103 Å². The smallest absolute Gasteiger partial charge is 0.264 e. The van der Waals surface area contributed by atoms with Crippen molar-refractivity contribution in [1.82, 2.24) is 0 Å². The Bertz CT molecular complexity index is 2310. The van der Waals surface area contributed by atoms with Crippen molar-refractivity contribution in [1.29, 1.82) is 0 Å². The molecule has 2 aliphatic heterocycles. The van der Waals surface area contributed by atoms with Gasteiger partial charge in [0, 0.05) is 43.3 Å². The molecule has 2 nitrogen and oxygen atoms in total. The molecule has 0 unspecified atom stereocenters. The number of rotatable bonds is 2. The maximum absolute atomic E-state index is 2.62. The molecule has 0 radical (unpaired) electrons. The van der Waals surface area contributed by atoms with Gasteiger partial charge in [-0.15, -0.1) is 11.3 Å². The summed E-state index contributed by atoms with van der Waals surface area (Å²) >= 11 is 2.03. The number of hydrogen-bond acceptors (Lipinski definition) is 3. The second kappa shape index (κ2) is 10.4. The van der Waals surface area contributed by atoms with Crippen LogP contribution in [0.2, 0.25) is 0 Å². The Kier molecular flexibility index (Phi) is 6.51. The SMILES string of the molecule is Cc1ccccc1N1c2cccc3c2B(c2cc(C(C)(C)C)ccc2N3c2ccccc2)c2sc3cc4c(cc3c21)C(C)(C)CCC4(C)C. The summed E-state index contributed by atoms with van der Waals surface area (Å²) in [7, 11) is 0. The van der Waals surface area contributed by atoms with Gasteiger partial charge in [0.1, 0.15) is 0 Å². The molecular formula is C45H45BN2S. The van der Waals surface area contributed by atoms with Crippen molar-refractivity contribution in [2.45, 2.75) is 84.5 Å². The van der Waals surface area contributed by atoms with E-state index in [0.29, 0.717) is 0 Å². The van der Waals surface area contributed by atoms with Gasteiger partial charge in [0.15, 0.2) is 0 Å². The Balaban J connectivity index is 1.42. The van der Waals surface area contributed by atoms with E-state index < -0.39 is 0 Å².